The molecule has 0 unspecified atom stereocenters. The van der Waals surface area contributed by atoms with E-state index >= 15 is 0 Å². The number of fused-ring (bicyclic) bond motifs is 1. The average Bonchev–Trinajstić information content (AvgIpc) is 2.95. The van der Waals surface area contributed by atoms with Crippen LogP contribution in [0.5, 0.6) is 0 Å². The molecule has 1 aliphatic heterocycles. The molecule has 0 saturated carbocycles. The predicted octanol–water partition coefficient (Wildman–Crippen LogP) is 5.86. The van der Waals surface area contributed by atoms with E-state index in [1.165, 1.54) is 6.07 Å². The summed E-state index contributed by atoms with van der Waals surface area (Å²) >= 11 is 0. The van der Waals surface area contributed by atoms with Gasteiger partial charge in [0.05, 0.1) is 46.9 Å². The third kappa shape index (κ3) is 6.07. The Morgan fingerprint density at radius 1 is 1.00 bits per heavy atom. The number of esters is 1. The van der Waals surface area contributed by atoms with Gasteiger partial charge in [-0.05, 0) is 37.3 Å². The number of ether oxygens (including phenoxy) is 2. The number of aromatic nitrogens is 1. The fraction of sp³-hybridized carbons (Fsp3) is 0.233. The largest absolute Gasteiger partial charge is 0.452 e. The maximum absolute atomic E-state index is 13.4. The minimum Gasteiger partial charge on any atom is -0.452 e. The number of carbonyl (C=O) groups is 2. The second-order valence-electron chi connectivity index (χ2n) is 9.39. The van der Waals surface area contributed by atoms with E-state index in [1.807, 2.05) is 36.1 Å². The average molecular weight is 550 g/mol. The fourth-order valence-corrected chi connectivity index (χ4v) is 4.50. The van der Waals surface area contributed by atoms with Gasteiger partial charge in [0.15, 0.2) is 6.61 Å². The minimum absolute atomic E-state index is 0.0196. The van der Waals surface area contributed by atoms with E-state index in [1.54, 1.807) is 30.3 Å². The number of nitrogens with one attached hydrogen (secondary N) is 1. The van der Waals surface area contributed by atoms with Gasteiger partial charge in [-0.15, -0.1) is 0 Å². The summed E-state index contributed by atoms with van der Waals surface area (Å²) in [6.07, 6.45) is -4.59. The molecule has 0 aliphatic carbocycles. The topological polar surface area (TPSA) is 80.8 Å². The first-order valence-corrected chi connectivity index (χ1v) is 12.7. The van der Waals surface area contributed by atoms with E-state index in [-0.39, 0.29) is 11.3 Å². The Bertz CT molecular complexity index is 1550. The van der Waals surface area contributed by atoms with Crippen LogP contribution in [0.15, 0.2) is 72.8 Å². The molecule has 0 radical (unpaired) electrons. The fourth-order valence-electron chi connectivity index (χ4n) is 4.50. The summed E-state index contributed by atoms with van der Waals surface area (Å²) in [5, 5.41) is 3.05. The Morgan fingerprint density at radius 3 is 2.45 bits per heavy atom. The summed E-state index contributed by atoms with van der Waals surface area (Å²) in [5.41, 5.74) is 2.76. The molecule has 0 atom stereocenters. The molecule has 5 rings (SSSR count). The Morgan fingerprint density at radius 2 is 1.73 bits per heavy atom. The third-order valence-corrected chi connectivity index (χ3v) is 6.57. The van der Waals surface area contributed by atoms with Crippen LogP contribution < -0.4 is 10.2 Å². The van der Waals surface area contributed by atoms with Gasteiger partial charge in [0.25, 0.3) is 5.91 Å². The van der Waals surface area contributed by atoms with Crippen LogP contribution in [0.3, 0.4) is 0 Å². The SMILES string of the molecule is Cc1ccc(-c2cc(C(=O)OCC(=O)Nc3cc(C(F)(F)F)ccc3N3CCOCC3)c3ccccc3n2)cc1. The standard InChI is InChI=1S/C30H26F3N3O4/c1-19-6-8-20(9-7-19)25-17-23(22-4-2-3-5-24(22)34-25)29(38)40-18-28(37)35-26-16-21(30(31,32)33)10-11-27(26)36-12-14-39-15-13-36/h2-11,16-17H,12-15,18H2,1H3,(H,35,37). The zero-order valence-electron chi connectivity index (χ0n) is 21.6. The molecule has 40 heavy (non-hydrogen) atoms. The van der Waals surface area contributed by atoms with Gasteiger partial charge in [-0.1, -0.05) is 48.0 Å². The van der Waals surface area contributed by atoms with Gasteiger partial charge in [0.1, 0.15) is 0 Å². The highest BCUT2D eigenvalue weighted by molar-refractivity contribution is 6.05. The number of hydrogen-bond donors (Lipinski definition) is 1. The predicted molar refractivity (Wildman–Crippen MR) is 145 cm³/mol. The number of para-hydroxylation sites is 1. The summed E-state index contributed by atoms with van der Waals surface area (Å²) in [7, 11) is 0. The van der Waals surface area contributed by atoms with Crippen molar-refractivity contribution < 1.29 is 32.2 Å². The first-order valence-electron chi connectivity index (χ1n) is 12.7. The van der Waals surface area contributed by atoms with Crippen LogP contribution in [-0.2, 0) is 20.4 Å². The molecular formula is C30H26F3N3O4. The van der Waals surface area contributed by atoms with Crippen molar-refractivity contribution in [1.29, 1.82) is 0 Å². The van der Waals surface area contributed by atoms with Gasteiger partial charge in [-0.3, -0.25) is 4.79 Å². The van der Waals surface area contributed by atoms with Crippen LogP contribution >= 0.6 is 0 Å². The summed E-state index contributed by atoms with van der Waals surface area (Å²) in [4.78, 5) is 32.4. The van der Waals surface area contributed by atoms with Gasteiger partial charge in [0, 0.05) is 24.0 Å². The van der Waals surface area contributed by atoms with Gasteiger partial charge in [-0.25, -0.2) is 9.78 Å². The van der Waals surface area contributed by atoms with Gasteiger partial charge < -0.3 is 19.7 Å². The number of rotatable bonds is 6. The van der Waals surface area contributed by atoms with E-state index in [0.29, 0.717) is 48.6 Å². The maximum Gasteiger partial charge on any atom is 0.416 e. The number of benzene rings is 3. The molecule has 1 aromatic heterocycles. The molecule has 10 heteroatoms. The molecular weight excluding hydrogens is 523 g/mol. The zero-order valence-corrected chi connectivity index (χ0v) is 21.6. The quantitative estimate of drug-likeness (QED) is 0.304. The summed E-state index contributed by atoms with van der Waals surface area (Å²) in [6, 6.07) is 19.5. The van der Waals surface area contributed by atoms with Crippen LogP contribution in [0.25, 0.3) is 22.2 Å². The van der Waals surface area contributed by atoms with Crippen LogP contribution in [0.2, 0.25) is 0 Å². The number of morpholine rings is 1. The molecule has 1 aliphatic rings. The normalized spacial score (nSPS) is 13.8. The molecule has 1 N–H and O–H groups in total. The molecule has 1 fully saturated rings. The molecule has 0 spiro atoms. The summed E-state index contributed by atoms with van der Waals surface area (Å²) in [5.74, 6) is -1.51. The van der Waals surface area contributed by atoms with Crippen molar-refractivity contribution in [2.24, 2.45) is 0 Å². The van der Waals surface area contributed by atoms with E-state index < -0.39 is 30.2 Å². The first kappa shape index (κ1) is 27.1. The number of hydrogen-bond acceptors (Lipinski definition) is 6. The highest BCUT2D eigenvalue weighted by Gasteiger charge is 2.32. The Kier molecular flexibility index (Phi) is 7.70. The Labute approximate surface area is 228 Å². The van der Waals surface area contributed by atoms with Crippen molar-refractivity contribution in [3.63, 3.8) is 0 Å². The smallest absolute Gasteiger partial charge is 0.416 e. The van der Waals surface area contributed by atoms with Crippen LogP contribution in [0.4, 0.5) is 24.5 Å². The zero-order chi connectivity index (χ0) is 28.3. The molecule has 4 aromatic rings. The molecule has 0 bridgehead atoms. The third-order valence-electron chi connectivity index (χ3n) is 6.57. The van der Waals surface area contributed by atoms with Crippen molar-refractivity contribution in [1.82, 2.24) is 4.98 Å². The van der Waals surface area contributed by atoms with E-state index in [9.17, 15) is 22.8 Å². The Balaban J connectivity index is 1.36. The number of pyridine rings is 1. The van der Waals surface area contributed by atoms with E-state index in [4.69, 9.17) is 9.47 Å². The highest BCUT2D eigenvalue weighted by Crippen LogP contribution is 2.36. The number of amides is 1. The molecule has 2 heterocycles. The monoisotopic (exact) mass is 549 g/mol. The van der Waals surface area contributed by atoms with Gasteiger partial charge >= 0.3 is 12.1 Å². The van der Waals surface area contributed by atoms with Crippen molar-refractivity contribution in [3.8, 4) is 11.3 Å². The van der Waals surface area contributed by atoms with Crippen molar-refractivity contribution in [2.75, 3.05) is 43.1 Å². The van der Waals surface area contributed by atoms with Crippen LogP contribution in [0.1, 0.15) is 21.5 Å². The first-order chi connectivity index (χ1) is 19.2. The van der Waals surface area contributed by atoms with Crippen LogP contribution in [0, 0.1) is 6.92 Å². The molecule has 7 nitrogen and oxygen atoms in total. The molecule has 206 valence electrons. The minimum atomic E-state index is -4.59. The van der Waals surface area contributed by atoms with Crippen molar-refractivity contribution in [2.45, 2.75) is 13.1 Å². The lowest BCUT2D eigenvalue weighted by Crippen LogP contribution is -2.37. The second kappa shape index (κ2) is 11.4. The number of aryl methyl sites for hydroxylation is 1. The van der Waals surface area contributed by atoms with Crippen molar-refractivity contribution in [3.05, 3.63) is 89.5 Å². The number of halogens is 3. The molecule has 1 amide bonds. The lowest BCUT2D eigenvalue weighted by atomic mass is 10.0. The second-order valence-corrected chi connectivity index (χ2v) is 9.39. The van der Waals surface area contributed by atoms with Gasteiger partial charge in [-0.2, -0.15) is 13.2 Å². The lowest BCUT2D eigenvalue weighted by Gasteiger charge is -2.31. The number of nitrogens with zero attached hydrogens (tertiary/aromatic N) is 2. The van der Waals surface area contributed by atoms with Crippen molar-refractivity contribution >= 4 is 34.2 Å². The van der Waals surface area contributed by atoms with Crippen LogP contribution in [-0.4, -0.2) is 49.8 Å². The van der Waals surface area contributed by atoms with E-state index in [0.717, 1.165) is 23.3 Å². The lowest BCUT2D eigenvalue weighted by molar-refractivity contribution is -0.137. The number of carbonyl (C=O) groups excluding carboxylic acids is 2. The molecule has 1 saturated heterocycles. The summed E-state index contributed by atoms with van der Waals surface area (Å²) in [6.45, 7) is 3.03. The number of anilines is 2. The van der Waals surface area contributed by atoms with Gasteiger partial charge in [0.2, 0.25) is 0 Å². The molecule has 3 aromatic carbocycles. The maximum atomic E-state index is 13.4. The number of alkyl halides is 3. The van der Waals surface area contributed by atoms with E-state index in [2.05, 4.69) is 10.3 Å². The Hall–Kier alpha value is -4.44. The summed E-state index contributed by atoms with van der Waals surface area (Å²) < 4.78 is 50.9. The highest BCUT2D eigenvalue weighted by atomic mass is 19.4.